The number of fused-ring (bicyclic) bond motifs is 1. The fourth-order valence-electron chi connectivity index (χ4n) is 1.80. The lowest BCUT2D eigenvalue weighted by Crippen LogP contribution is -1.83. The second kappa shape index (κ2) is 4.47. The van der Waals surface area contributed by atoms with Crippen LogP contribution in [0.2, 0.25) is 0 Å². The van der Waals surface area contributed by atoms with Crippen LogP contribution in [0.25, 0.3) is 21.3 Å². The molecule has 2 heterocycles. The van der Waals surface area contributed by atoms with Gasteiger partial charge in [-0.1, -0.05) is 30.3 Å². The average molecular weight is 258 g/mol. The van der Waals surface area contributed by atoms with Gasteiger partial charge < -0.3 is 0 Å². The van der Waals surface area contributed by atoms with Crippen molar-refractivity contribution in [3.05, 3.63) is 42.0 Å². The summed E-state index contributed by atoms with van der Waals surface area (Å²) in [6, 6.07) is 10.4. The first-order chi connectivity index (χ1) is 8.40. The lowest BCUT2D eigenvalue weighted by molar-refractivity contribution is 1.11. The van der Waals surface area contributed by atoms with E-state index in [4.69, 9.17) is 0 Å². The molecule has 84 valence electrons. The molecule has 0 saturated heterocycles. The number of thioether (sulfide) groups is 1. The van der Waals surface area contributed by atoms with Crippen molar-refractivity contribution in [1.29, 1.82) is 0 Å². The van der Waals surface area contributed by atoms with Crippen LogP contribution in [-0.4, -0.2) is 16.2 Å². The van der Waals surface area contributed by atoms with E-state index in [0.717, 1.165) is 10.5 Å². The molecule has 0 unspecified atom stereocenters. The highest BCUT2D eigenvalue weighted by atomic mass is 32.2. The van der Waals surface area contributed by atoms with Crippen molar-refractivity contribution in [2.24, 2.45) is 0 Å². The van der Waals surface area contributed by atoms with Crippen molar-refractivity contribution in [3.8, 4) is 11.1 Å². The maximum Gasteiger partial charge on any atom is 0.117 e. The van der Waals surface area contributed by atoms with Gasteiger partial charge in [0.1, 0.15) is 11.4 Å². The fraction of sp³-hybridized carbons (Fsp3) is 0.0769. The Bertz CT molecular complexity index is 647. The number of rotatable bonds is 2. The molecule has 0 radical (unpaired) electrons. The number of aromatic nitrogens is 2. The van der Waals surface area contributed by atoms with Gasteiger partial charge in [-0.3, -0.25) is 0 Å². The van der Waals surface area contributed by atoms with Crippen molar-refractivity contribution >= 4 is 33.3 Å². The van der Waals surface area contributed by atoms with Gasteiger partial charge in [-0.25, -0.2) is 9.97 Å². The van der Waals surface area contributed by atoms with Crippen molar-refractivity contribution in [3.63, 3.8) is 0 Å². The molecule has 4 heteroatoms. The number of hydrogen-bond acceptors (Lipinski definition) is 4. The fourth-order valence-corrected chi connectivity index (χ4v) is 3.54. The van der Waals surface area contributed by atoms with Crippen LogP contribution in [0.3, 0.4) is 0 Å². The van der Waals surface area contributed by atoms with Crippen LogP contribution in [0.15, 0.2) is 47.1 Å². The molecule has 0 saturated carbocycles. The Morgan fingerprint density at radius 2 is 1.94 bits per heavy atom. The molecule has 0 bridgehead atoms. The van der Waals surface area contributed by atoms with E-state index in [-0.39, 0.29) is 0 Å². The zero-order valence-electron chi connectivity index (χ0n) is 9.25. The maximum absolute atomic E-state index is 4.41. The van der Waals surface area contributed by atoms with Gasteiger partial charge in [-0.15, -0.1) is 23.1 Å². The molecule has 0 N–H and O–H groups in total. The van der Waals surface area contributed by atoms with Gasteiger partial charge in [-0.2, -0.15) is 0 Å². The van der Waals surface area contributed by atoms with E-state index in [2.05, 4.69) is 39.6 Å². The monoisotopic (exact) mass is 258 g/mol. The van der Waals surface area contributed by atoms with E-state index in [1.807, 2.05) is 12.3 Å². The molecule has 0 atom stereocenters. The van der Waals surface area contributed by atoms with E-state index in [0.29, 0.717) is 0 Å². The van der Waals surface area contributed by atoms with Crippen molar-refractivity contribution in [1.82, 2.24) is 9.97 Å². The molecule has 0 aliphatic carbocycles. The summed E-state index contributed by atoms with van der Waals surface area (Å²) in [6.45, 7) is 0. The van der Waals surface area contributed by atoms with E-state index >= 15 is 0 Å². The van der Waals surface area contributed by atoms with E-state index < -0.39 is 0 Å². The summed E-state index contributed by atoms with van der Waals surface area (Å²) in [5.74, 6) is 0. The first-order valence-corrected chi connectivity index (χ1v) is 7.32. The Morgan fingerprint density at radius 1 is 1.12 bits per heavy atom. The number of thiophene rings is 1. The molecular formula is C13H10N2S2. The lowest BCUT2D eigenvalue weighted by atomic mass is 10.1. The summed E-state index contributed by atoms with van der Waals surface area (Å²) < 4.78 is 1.18. The van der Waals surface area contributed by atoms with Crippen molar-refractivity contribution in [2.75, 3.05) is 6.26 Å². The predicted molar refractivity (Wildman–Crippen MR) is 74.6 cm³/mol. The Kier molecular flexibility index (Phi) is 2.82. The lowest BCUT2D eigenvalue weighted by Gasteiger charge is -1.99. The minimum atomic E-state index is 1.06. The summed E-state index contributed by atoms with van der Waals surface area (Å²) in [7, 11) is 0. The van der Waals surface area contributed by atoms with Crippen LogP contribution in [0.5, 0.6) is 0 Å². The molecule has 0 aliphatic heterocycles. The minimum Gasteiger partial charge on any atom is -0.235 e. The van der Waals surface area contributed by atoms with E-state index in [1.165, 1.54) is 15.8 Å². The molecule has 17 heavy (non-hydrogen) atoms. The number of nitrogens with zero attached hydrogens (tertiary/aromatic N) is 2. The minimum absolute atomic E-state index is 1.06. The van der Waals surface area contributed by atoms with Crippen LogP contribution >= 0.6 is 23.1 Å². The highest BCUT2D eigenvalue weighted by Gasteiger charge is 2.10. The molecule has 0 amide bonds. The summed E-state index contributed by atoms with van der Waals surface area (Å²) in [5.41, 5.74) is 3.47. The van der Waals surface area contributed by atoms with Crippen LogP contribution in [-0.2, 0) is 0 Å². The van der Waals surface area contributed by atoms with Gasteiger partial charge in [0.25, 0.3) is 0 Å². The average Bonchev–Trinajstić information content (AvgIpc) is 2.83. The smallest absolute Gasteiger partial charge is 0.117 e. The molecule has 1 aromatic carbocycles. The zero-order valence-corrected chi connectivity index (χ0v) is 10.9. The molecular weight excluding hydrogens is 248 g/mol. The molecule has 0 fully saturated rings. The highest BCUT2D eigenvalue weighted by Crippen LogP contribution is 2.35. The van der Waals surface area contributed by atoms with E-state index in [9.17, 15) is 0 Å². The predicted octanol–water partition coefficient (Wildman–Crippen LogP) is 4.08. The summed E-state index contributed by atoms with van der Waals surface area (Å²) in [4.78, 5) is 8.71. The Hall–Kier alpha value is -1.39. The largest absolute Gasteiger partial charge is 0.235 e. The van der Waals surface area contributed by atoms with Gasteiger partial charge in [0.2, 0.25) is 0 Å². The van der Waals surface area contributed by atoms with Crippen LogP contribution in [0, 0.1) is 0 Å². The third kappa shape index (κ3) is 1.83. The maximum atomic E-state index is 4.41. The van der Waals surface area contributed by atoms with Gasteiger partial charge in [0.15, 0.2) is 0 Å². The highest BCUT2D eigenvalue weighted by molar-refractivity contribution is 7.98. The standard InChI is InChI=1S/C13H10N2S2/c1-16-13-12-11(14-8-15-13)10(7-17-12)9-5-3-2-4-6-9/h2-8H,1H3. The number of benzene rings is 1. The normalized spacial score (nSPS) is 10.9. The quantitative estimate of drug-likeness (QED) is 0.511. The third-order valence-corrected chi connectivity index (χ3v) is 4.40. The van der Waals surface area contributed by atoms with E-state index in [1.54, 1.807) is 29.4 Å². The van der Waals surface area contributed by atoms with Crippen LogP contribution in [0.1, 0.15) is 0 Å². The second-order valence-corrected chi connectivity index (χ2v) is 5.25. The van der Waals surface area contributed by atoms with Gasteiger partial charge in [0, 0.05) is 10.9 Å². The second-order valence-electron chi connectivity index (χ2n) is 3.58. The molecule has 2 aromatic heterocycles. The summed E-state index contributed by atoms with van der Waals surface area (Å²) in [6.07, 6.45) is 3.69. The molecule has 3 rings (SSSR count). The van der Waals surface area contributed by atoms with Crippen LogP contribution < -0.4 is 0 Å². The zero-order chi connectivity index (χ0) is 11.7. The topological polar surface area (TPSA) is 25.8 Å². The first-order valence-electron chi connectivity index (χ1n) is 5.22. The third-order valence-electron chi connectivity index (χ3n) is 2.60. The van der Waals surface area contributed by atoms with Crippen LogP contribution in [0.4, 0.5) is 0 Å². The molecule has 0 aliphatic rings. The Labute approximate surface area is 108 Å². The molecule has 0 spiro atoms. The summed E-state index contributed by atoms with van der Waals surface area (Å²) >= 11 is 3.38. The first kappa shape index (κ1) is 10.7. The summed E-state index contributed by atoms with van der Waals surface area (Å²) in [5, 5.41) is 3.22. The van der Waals surface area contributed by atoms with Gasteiger partial charge >= 0.3 is 0 Å². The molecule has 3 aromatic rings. The van der Waals surface area contributed by atoms with Gasteiger partial charge in [-0.05, 0) is 11.8 Å². The van der Waals surface area contributed by atoms with Gasteiger partial charge in [0.05, 0.1) is 10.2 Å². The number of hydrogen-bond donors (Lipinski definition) is 0. The van der Waals surface area contributed by atoms with Crippen molar-refractivity contribution in [2.45, 2.75) is 5.03 Å². The van der Waals surface area contributed by atoms with Crippen molar-refractivity contribution < 1.29 is 0 Å². The Balaban J connectivity index is 2.26. The SMILES string of the molecule is CSc1ncnc2c(-c3ccccc3)csc12. The Morgan fingerprint density at radius 3 is 2.71 bits per heavy atom. The molecule has 2 nitrogen and oxygen atoms in total.